The van der Waals surface area contributed by atoms with Crippen molar-refractivity contribution in [1.29, 1.82) is 0 Å². The molecule has 2 aromatic rings. The molecule has 1 aliphatic heterocycles. The second kappa shape index (κ2) is 12.3. The maximum absolute atomic E-state index is 13.0. The summed E-state index contributed by atoms with van der Waals surface area (Å²) in [5.74, 6) is -1.65. The number of carbonyl (C=O) groups excluding carboxylic acids is 2. The van der Waals surface area contributed by atoms with E-state index in [0.717, 1.165) is 45.3 Å². The minimum atomic E-state index is -0.899. The minimum absolute atomic E-state index is 0.0964. The summed E-state index contributed by atoms with van der Waals surface area (Å²) in [5.41, 5.74) is -0.254. The van der Waals surface area contributed by atoms with Crippen LogP contribution in [0.3, 0.4) is 0 Å². The number of amides is 1. The van der Waals surface area contributed by atoms with Gasteiger partial charge in [-0.05, 0) is 51.0 Å². The summed E-state index contributed by atoms with van der Waals surface area (Å²) in [6, 6.07) is 7.77. The van der Waals surface area contributed by atoms with Gasteiger partial charge in [-0.2, -0.15) is 0 Å². The minimum Gasteiger partial charge on any atom is -0.507 e. The van der Waals surface area contributed by atoms with Gasteiger partial charge in [0.05, 0.1) is 16.8 Å². The third-order valence-electron chi connectivity index (χ3n) is 6.21. The fraction of sp³-hybridized carbons (Fsp3) is 0.462. The molecule has 1 aromatic heterocycles. The number of nitro benzene ring substituents is 1. The average molecular weight is 484 g/mol. The molecule has 2 heterocycles. The maximum Gasteiger partial charge on any atom is 0.295 e. The zero-order valence-corrected chi connectivity index (χ0v) is 20.3. The highest BCUT2D eigenvalue weighted by molar-refractivity contribution is 6.46. The van der Waals surface area contributed by atoms with E-state index in [-0.39, 0.29) is 16.8 Å². The first kappa shape index (κ1) is 26.2. The van der Waals surface area contributed by atoms with Crippen molar-refractivity contribution in [3.63, 3.8) is 0 Å². The first-order valence-electron chi connectivity index (χ1n) is 12.2. The van der Waals surface area contributed by atoms with Crippen molar-refractivity contribution in [3.8, 4) is 0 Å². The van der Waals surface area contributed by atoms with Crippen LogP contribution in [0.4, 0.5) is 5.69 Å². The number of furan rings is 1. The second-order valence-electron chi connectivity index (χ2n) is 8.72. The SMILES string of the molecule is CCCCN(CCCC)CCCN1C(=O)C(=O)C(=C(O)c2cccc([N+](=O)[O-])c2)[C@@H]1c1ccco1. The number of rotatable bonds is 13. The molecule has 9 heteroatoms. The first-order chi connectivity index (χ1) is 16.9. The summed E-state index contributed by atoms with van der Waals surface area (Å²) in [6.45, 7) is 7.40. The largest absolute Gasteiger partial charge is 0.507 e. The monoisotopic (exact) mass is 483 g/mol. The molecule has 9 nitrogen and oxygen atoms in total. The van der Waals surface area contributed by atoms with E-state index in [4.69, 9.17) is 4.42 Å². The maximum atomic E-state index is 13.0. The van der Waals surface area contributed by atoms with Gasteiger partial charge in [0.2, 0.25) is 0 Å². The summed E-state index contributed by atoms with van der Waals surface area (Å²) in [7, 11) is 0. The fourth-order valence-corrected chi connectivity index (χ4v) is 4.34. The number of nitro groups is 1. The van der Waals surface area contributed by atoms with Crippen molar-refractivity contribution in [2.45, 2.75) is 52.0 Å². The molecule has 3 rings (SSSR count). The van der Waals surface area contributed by atoms with Gasteiger partial charge in [0.1, 0.15) is 17.6 Å². The van der Waals surface area contributed by atoms with Gasteiger partial charge in [0, 0.05) is 24.2 Å². The number of carbonyl (C=O) groups is 2. The first-order valence-corrected chi connectivity index (χ1v) is 12.2. The number of hydrogen-bond donors (Lipinski definition) is 1. The molecule has 0 spiro atoms. The standard InChI is InChI=1S/C26H33N3O6/c1-3-5-13-27(14-6-4-2)15-9-16-28-23(21-12-8-17-35-21)22(25(31)26(28)32)24(30)19-10-7-11-20(18-19)29(33)34/h7-8,10-12,17-18,23,30H,3-6,9,13-16H2,1-2H3/t23-/m0/s1. The molecule has 0 radical (unpaired) electrons. The van der Waals surface area contributed by atoms with E-state index in [0.29, 0.717) is 18.7 Å². The van der Waals surface area contributed by atoms with Crippen LogP contribution in [0.5, 0.6) is 0 Å². The van der Waals surface area contributed by atoms with Crippen molar-refractivity contribution in [2.75, 3.05) is 26.2 Å². The van der Waals surface area contributed by atoms with E-state index in [1.807, 2.05) is 0 Å². The van der Waals surface area contributed by atoms with Crippen LogP contribution in [0.25, 0.3) is 5.76 Å². The predicted molar refractivity (Wildman–Crippen MR) is 132 cm³/mol. The van der Waals surface area contributed by atoms with Gasteiger partial charge in [-0.3, -0.25) is 19.7 Å². The lowest BCUT2D eigenvalue weighted by Crippen LogP contribution is -2.34. The molecular formula is C26H33N3O6. The number of non-ortho nitro benzene ring substituents is 1. The van der Waals surface area contributed by atoms with Crippen LogP contribution in [0.15, 0.2) is 52.7 Å². The van der Waals surface area contributed by atoms with Gasteiger partial charge in [-0.15, -0.1) is 0 Å². The Hall–Kier alpha value is -3.46. The van der Waals surface area contributed by atoms with Crippen LogP contribution < -0.4 is 0 Å². The van der Waals surface area contributed by atoms with Gasteiger partial charge in [0.25, 0.3) is 17.4 Å². The molecule has 0 saturated carbocycles. The number of hydrogen-bond acceptors (Lipinski definition) is 7. The quantitative estimate of drug-likeness (QED) is 0.142. The van der Waals surface area contributed by atoms with Crippen LogP contribution in [-0.4, -0.2) is 57.7 Å². The molecule has 1 fully saturated rings. The number of Topliss-reactive ketones (excluding diaryl/α,β-unsaturated/α-hetero) is 1. The second-order valence-corrected chi connectivity index (χ2v) is 8.72. The van der Waals surface area contributed by atoms with E-state index < -0.39 is 28.4 Å². The van der Waals surface area contributed by atoms with Crippen LogP contribution in [0.2, 0.25) is 0 Å². The third-order valence-corrected chi connectivity index (χ3v) is 6.21. The van der Waals surface area contributed by atoms with E-state index in [9.17, 15) is 24.8 Å². The van der Waals surface area contributed by atoms with E-state index in [1.54, 1.807) is 12.1 Å². The average Bonchev–Trinajstić information content (AvgIpc) is 3.47. The molecule has 1 saturated heterocycles. The van der Waals surface area contributed by atoms with Gasteiger partial charge < -0.3 is 19.3 Å². The highest BCUT2D eigenvalue weighted by Gasteiger charge is 2.47. The topological polar surface area (TPSA) is 117 Å². The molecule has 35 heavy (non-hydrogen) atoms. The number of likely N-dealkylation sites (tertiary alicyclic amines) is 1. The Morgan fingerprint density at radius 1 is 1.09 bits per heavy atom. The van der Waals surface area contributed by atoms with Gasteiger partial charge in [0.15, 0.2) is 0 Å². The fourth-order valence-electron chi connectivity index (χ4n) is 4.34. The molecular weight excluding hydrogens is 450 g/mol. The molecule has 1 aliphatic rings. The summed E-state index contributed by atoms with van der Waals surface area (Å²) in [4.78, 5) is 40.5. The smallest absolute Gasteiger partial charge is 0.295 e. The molecule has 0 bridgehead atoms. The van der Waals surface area contributed by atoms with Crippen molar-refractivity contribution < 1.29 is 24.0 Å². The molecule has 1 N–H and O–H groups in total. The van der Waals surface area contributed by atoms with Gasteiger partial charge in [-0.1, -0.05) is 38.8 Å². The van der Waals surface area contributed by atoms with Crippen LogP contribution in [0.1, 0.15) is 63.3 Å². The number of aliphatic hydroxyl groups is 1. The summed E-state index contributed by atoms with van der Waals surface area (Å²) in [5, 5.41) is 22.2. The number of aliphatic hydroxyl groups excluding tert-OH is 1. The highest BCUT2D eigenvalue weighted by atomic mass is 16.6. The molecule has 1 aromatic carbocycles. The lowest BCUT2D eigenvalue weighted by atomic mass is 9.99. The number of benzene rings is 1. The molecule has 1 amide bonds. The van der Waals surface area contributed by atoms with Crippen LogP contribution in [-0.2, 0) is 9.59 Å². The normalized spacial score (nSPS) is 17.5. The summed E-state index contributed by atoms with van der Waals surface area (Å²) < 4.78 is 5.55. The lowest BCUT2D eigenvalue weighted by molar-refractivity contribution is -0.384. The molecule has 0 aliphatic carbocycles. The number of ketones is 1. The van der Waals surface area contributed by atoms with E-state index in [1.165, 1.54) is 35.4 Å². The zero-order valence-electron chi connectivity index (χ0n) is 20.3. The van der Waals surface area contributed by atoms with E-state index >= 15 is 0 Å². The zero-order chi connectivity index (χ0) is 25.4. The lowest BCUT2D eigenvalue weighted by Gasteiger charge is -2.26. The van der Waals surface area contributed by atoms with Gasteiger partial charge >= 0.3 is 0 Å². The number of nitrogens with zero attached hydrogens (tertiary/aromatic N) is 3. The van der Waals surface area contributed by atoms with Gasteiger partial charge in [-0.25, -0.2) is 0 Å². The van der Waals surface area contributed by atoms with Crippen molar-refractivity contribution in [3.05, 3.63) is 69.7 Å². The predicted octanol–water partition coefficient (Wildman–Crippen LogP) is 4.90. The Bertz CT molecular complexity index is 1050. The Balaban J connectivity index is 1.88. The highest BCUT2D eigenvalue weighted by Crippen LogP contribution is 2.39. The van der Waals surface area contributed by atoms with Crippen LogP contribution in [0, 0.1) is 10.1 Å². The van der Waals surface area contributed by atoms with Crippen molar-refractivity contribution >= 4 is 23.1 Å². The molecule has 0 unspecified atom stereocenters. The van der Waals surface area contributed by atoms with Crippen molar-refractivity contribution in [1.82, 2.24) is 9.80 Å². The van der Waals surface area contributed by atoms with Crippen molar-refractivity contribution in [2.24, 2.45) is 0 Å². The Labute approximate surface area is 205 Å². The number of unbranched alkanes of at least 4 members (excludes halogenated alkanes) is 2. The Morgan fingerprint density at radius 3 is 2.37 bits per heavy atom. The summed E-state index contributed by atoms with van der Waals surface area (Å²) in [6.07, 6.45) is 6.52. The third kappa shape index (κ3) is 6.16. The molecule has 1 atom stereocenters. The molecule has 188 valence electrons. The summed E-state index contributed by atoms with van der Waals surface area (Å²) >= 11 is 0. The Morgan fingerprint density at radius 2 is 1.77 bits per heavy atom. The van der Waals surface area contributed by atoms with Crippen LogP contribution >= 0.6 is 0 Å². The Kier molecular flexibility index (Phi) is 9.19. The van der Waals surface area contributed by atoms with E-state index in [2.05, 4.69) is 18.7 Å².